The molecule has 2 atom stereocenters. The quantitative estimate of drug-likeness (QED) is 0.672. The molecule has 1 aromatic carbocycles. The Balaban J connectivity index is 1.36. The van der Waals surface area contributed by atoms with Crippen molar-refractivity contribution in [2.45, 2.75) is 51.1 Å². The molecular weight excluding hydrogens is 455 g/mol. The highest BCUT2D eigenvalue weighted by Crippen LogP contribution is 2.35. The van der Waals surface area contributed by atoms with E-state index in [1.165, 1.54) is 6.07 Å². The summed E-state index contributed by atoms with van der Waals surface area (Å²) in [7, 11) is 0. The van der Waals surface area contributed by atoms with Crippen molar-refractivity contribution >= 4 is 22.8 Å². The van der Waals surface area contributed by atoms with Crippen molar-refractivity contribution < 1.29 is 27.8 Å². The van der Waals surface area contributed by atoms with Crippen LogP contribution in [0.4, 0.5) is 18.0 Å². The highest BCUT2D eigenvalue weighted by Gasteiger charge is 2.34. The van der Waals surface area contributed by atoms with Crippen LogP contribution < -0.4 is 5.32 Å². The van der Waals surface area contributed by atoms with Crippen LogP contribution in [-0.4, -0.2) is 59.5 Å². The summed E-state index contributed by atoms with van der Waals surface area (Å²) in [6.07, 6.45) is -0.796. The highest BCUT2D eigenvalue weighted by molar-refractivity contribution is 8.18. The molecular formula is C23H28F3N3O3S. The summed E-state index contributed by atoms with van der Waals surface area (Å²) in [5, 5.41) is 13.0. The highest BCUT2D eigenvalue weighted by atomic mass is 32.2. The Morgan fingerprint density at radius 3 is 2.76 bits per heavy atom. The van der Waals surface area contributed by atoms with Gasteiger partial charge in [0, 0.05) is 13.2 Å². The Morgan fingerprint density at radius 1 is 1.30 bits per heavy atom. The molecule has 6 nitrogen and oxygen atoms in total. The first kappa shape index (κ1) is 24.3. The van der Waals surface area contributed by atoms with Crippen LogP contribution in [0.1, 0.15) is 36.0 Å². The van der Waals surface area contributed by atoms with E-state index in [1.807, 2.05) is 11.0 Å². The molecule has 2 N–H and O–H groups in total. The van der Waals surface area contributed by atoms with E-state index in [-0.39, 0.29) is 23.7 Å². The summed E-state index contributed by atoms with van der Waals surface area (Å²) in [6, 6.07) is 4.19. The third-order valence-electron chi connectivity index (χ3n) is 6.26. The number of aliphatic hydroxyl groups is 1. The summed E-state index contributed by atoms with van der Waals surface area (Å²) in [6.45, 7) is 4.13. The minimum absolute atomic E-state index is 0.203. The number of halogens is 3. The molecule has 1 aromatic rings. The molecule has 2 saturated heterocycles. The number of likely N-dealkylation sites (tertiary alicyclic amines) is 1. The first-order valence-electron chi connectivity index (χ1n) is 11.1. The van der Waals surface area contributed by atoms with Gasteiger partial charge in [0.2, 0.25) is 0 Å². The predicted molar refractivity (Wildman–Crippen MR) is 121 cm³/mol. The van der Waals surface area contributed by atoms with Crippen LogP contribution in [0, 0.1) is 12.8 Å². The number of hydrogen-bond acceptors (Lipinski definition) is 6. The molecule has 0 aromatic heterocycles. The van der Waals surface area contributed by atoms with Crippen molar-refractivity contribution in [3.8, 4) is 0 Å². The molecule has 0 radical (unpaired) electrons. The van der Waals surface area contributed by atoms with E-state index in [0.717, 1.165) is 29.5 Å². The molecule has 0 unspecified atom stereocenters. The number of rotatable bonds is 4. The van der Waals surface area contributed by atoms with Crippen molar-refractivity contribution in [2.75, 3.05) is 26.3 Å². The summed E-state index contributed by atoms with van der Waals surface area (Å²) < 4.78 is 45.7. The Labute approximate surface area is 195 Å². The molecule has 3 heterocycles. The molecule has 0 spiro atoms. The number of amides is 1. The normalized spacial score (nSPS) is 26.6. The number of thioether (sulfide) groups is 1. The van der Waals surface area contributed by atoms with Crippen molar-refractivity contribution in [1.29, 1.82) is 0 Å². The van der Waals surface area contributed by atoms with Gasteiger partial charge in [-0.2, -0.15) is 18.2 Å². The number of aliphatic hydroxyl groups excluding tert-OH is 1. The van der Waals surface area contributed by atoms with E-state index in [0.29, 0.717) is 49.7 Å². The molecule has 4 rings (SSSR count). The van der Waals surface area contributed by atoms with Gasteiger partial charge in [-0.25, -0.2) is 0 Å². The van der Waals surface area contributed by atoms with Crippen LogP contribution in [0.2, 0.25) is 0 Å². The number of allylic oxidation sites excluding steroid dienone is 1. The van der Waals surface area contributed by atoms with Gasteiger partial charge in [0.1, 0.15) is 5.84 Å². The zero-order valence-electron chi connectivity index (χ0n) is 18.4. The van der Waals surface area contributed by atoms with Crippen molar-refractivity contribution in [2.24, 2.45) is 10.9 Å². The topological polar surface area (TPSA) is 74.2 Å². The largest absolute Gasteiger partial charge is 0.416 e. The smallest absolute Gasteiger partial charge is 0.391 e. The molecule has 3 aliphatic heterocycles. The number of piperidine rings is 1. The standard InChI is InChI=1S/C23H28F3N3O3S/c1-14-2-3-16(17(10-14)23(24,25)26)12-29-7-4-15(5-8-29)11-20-21(28-22(31)33-20)27-18-13-32-9-6-19(18)30/h2-3,10-11,15,18-19,30H,4-9,12-13H2,1H3,(H,27,28,31)/b20-11-/t18-,19-/m0/s1. The fraction of sp³-hybridized carbons (Fsp3) is 0.565. The lowest BCUT2D eigenvalue weighted by Crippen LogP contribution is -2.49. The minimum atomic E-state index is -4.37. The molecule has 0 bridgehead atoms. The number of benzene rings is 1. The average Bonchev–Trinajstić information content (AvgIpc) is 3.10. The number of carbonyl (C=O) groups is 1. The molecule has 0 aliphatic carbocycles. The minimum Gasteiger partial charge on any atom is -0.391 e. The second kappa shape index (κ2) is 10.2. The maximum absolute atomic E-state index is 13.4. The summed E-state index contributed by atoms with van der Waals surface area (Å²) in [5.41, 5.74) is 0.334. The van der Waals surface area contributed by atoms with Crippen LogP contribution >= 0.6 is 11.8 Å². The number of aryl methyl sites for hydroxylation is 1. The van der Waals surface area contributed by atoms with Crippen molar-refractivity contribution in [3.63, 3.8) is 0 Å². The predicted octanol–water partition coefficient (Wildman–Crippen LogP) is 4.11. The lowest BCUT2D eigenvalue weighted by Gasteiger charge is -2.32. The van der Waals surface area contributed by atoms with Gasteiger partial charge in [0.25, 0.3) is 0 Å². The first-order chi connectivity index (χ1) is 15.7. The molecule has 10 heteroatoms. The number of hydrogen-bond donors (Lipinski definition) is 2. The zero-order chi connectivity index (χ0) is 23.6. The van der Waals surface area contributed by atoms with Gasteiger partial charge in [-0.05, 0) is 68.6 Å². The average molecular weight is 484 g/mol. The van der Waals surface area contributed by atoms with Crippen LogP contribution in [0.25, 0.3) is 0 Å². The lowest BCUT2D eigenvalue weighted by molar-refractivity contribution is -0.138. The lowest BCUT2D eigenvalue weighted by atomic mass is 9.95. The monoisotopic (exact) mass is 483 g/mol. The second-order valence-electron chi connectivity index (χ2n) is 8.81. The Morgan fingerprint density at radius 2 is 2.06 bits per heavy atom. The van der Waals surface area contributed by atoms with Crippen LogP contribution in [0.3, 0.4) is 0 Å². The van der Waals surface area contributed by atoms with E-state index in [4.69, 9.17) is 4.74 Å². The summed E-state index contributed by atoms with van der Waals surface area (Å²) >= 11 is 1.06. The number of nitrogens with zero attached hydrogens (tertiary/aromatic N) is 2. The third kappa shape index (κ3) is 6.17. The van der Waals surface area contributed by atoms with Gasteiger partial charge < -0.3 is 15.2 Å². The van der Waals surface area contributed by atoms with Gasteiger partial charge in [0.15, 0.2) is 0 Å². The molecule has 0 saturated carbocycles. The van der Waals surface area contributed by atoms with Crippen LogP contribution in [-0.2, 0) is 17.5 Å². The third-order valence-corrected chi connectivity index (χ3v) is 7.07. The van der Waals surface area contributed by atoms with E-state index < -0.39 is 17.8 Å². The molecule has 33 heavy (non-hydrogen) atoms. The fourth-order valence-corrected chi connectivity index (χ4v) is 5.18. The maximum Gasteiger partial charge on any atom is 0.416 e. The summed E-state index contributed by atoms with van der Waals surface area (Å²) in [5.74, 6) is 0.672. The second-order valence-corrected chi connectivity index (χ2v) is 9.81. The Bertz CT molecular complexity index is 943. The molecule has 1 amide bonds. The zero-order valence-corrected chi connectivity index (χ0v) is 19.2. The number of nitrogens with one attached hydrogen (secondary N) is 1. The van der Waals surface area contributed by atoms with Gasteiger partial charge in [0.05, 0.1) is 29.2 Å². The number of aliphatic imine (C=N–C) groups is 1. The van der Waals surface area contributed by atoms with E-state index in [9.17, 15) is 23.1 Å². The number of alkyl halides is 3. The number of amidine groups is 1. The molecule has 3 aliphatic rings. The van der Waals surface area contributed by atoms with E-state index in [2.05, 4.69) is 10.3 Å². The first-order valence-corrected chi connectivity index (χ1v) is 11.9. The maximum atomic E-state index is 13.4. The number of carbonyl (C=O) groups excluding carboxylic acids is 1. The van der Waals surface area contributed by atoms with Gasteiger partial charge in [-0.3, -0.25) is 9.69 Å². The van der Waals surface area contributed by atoms with Gasteiger partial charge in [-0.1, -0.05) is 23.8 Å². The van der Waals surface area contributed by atoms with Crippen molar-refractivity contribution in [3.05, 3.63) is 45.9 Å². The van der Waals surface area contributed by atoms with E-state index >= 15 is 0 Å². The van der Waals surface area contributed by atoms with Crippen LogP contribution in [0.5, 0.6) is 0 Å². The fourth-order valence-electron chi connectivity index (χ4n) is 4.39. The van der Waals surface area contributed by atoms with Crippen LogP contribution in [0.15, 0.2) is 34.2 Å². The Kier molecular flexibility index (Phi) is 7.47. The van der Waals surface area contributed by atoms with Crippen molar-refractivity contribution in [1.82, 2.24) is 10.2 Å². The molecule has 180 valence electrons. The van der Waals surface area contributed by atoms with E-state index in [1.54, 1.807) is 19.1 Å². The molecule has 2 fully saturated rings. The SMILES string of the molecule is Cc1ccc(CN2CCC(/C=C3\SC(=O)N=C3N[C@H]3COCC[C@@H]3O)CC2)c(C(F)(F)F)c1. The Hall–Kier alpha value is -1.88. The van der Waals surface area contributed by atoms with Gasteiger partial charge in [-0.15, -0.1) is 0 Å². The summed E-state index contributed by atoms with van der Waals surface area (Å²) in [4.78, 5) is 18.8. The number of ether oxygens (including phenoxy) is 1. The van der Waals surface area contributed by atoms with Gasteiger partial charge >= 0.3 is 11.4 Å².